The quantitative estimate of drug-likeness (QED) is 0.131. The average molecular weight is 676 g/mol. The van der Waals surface area contributed by atoms with Gasteiger partial charge in [0.2, 0.25) is 5.78 Å². The zero-order valence-electron chi connectivity index (χ0n) is 26.6. The number of halogens is 1. The Kier molecular flexibility index (Phi) is 9.60. The van der Waals surface area contributed by atoms with Gasteiger partial charge in [-0.05, 0) is 67.3 Å². The first-order valence-corrected chi connectivity index (χ1v) is 18.6. The fourth-order valence-electron chi connectivity index (χ4n) is 5.36. The van der Waals surface area contributed by atoms with Crippen LogP contribution in [0.3, 0.4) is 0 Å². The number of rotatable bonds is 11. The van der Waals surface area contributed by atoms with Gasteiger partial charge < -0.3 is 29.4 Å². The molecule has 0 aliphatic carbocycles. The summed E-state index contributed by atoms with van der Waals surface area (Å²) in [5.41, 5.74) is 8.98. The van der Waals surface area contributed by atoms with E-state index in [9.17, 15) is 9.59 Å². The molecule has 2 aromatic heterocycles. The fraction of sp³-hybridized carbons (Fsp3) is 0.286. The number of hydrogen-bond donors (Lipinski definition) is 1. The van der Waals surface area contributed by atoms with E-state index in [0.29, 0.717) is 66.4 Å². The van der Waals surface area contributed by atoms with Crippen LogP contribution in [0, 0.1) is 0 Å². The Labute approximate surface area is 280 Å². The topological polar surface area (TPSA) is 114 Å². The van der Waals surface area contributed by atoms with Gasteiger partial charge in [0.25, 0.3) is 5.91 Å². The fourth-order valence-corrected chi connectivity index (χ4v) is 6.22. The minimum atomic E-state index is -0.753. The number of benzene rings is 3. The highest BCUT2D eigenvalue weighted by Gasteiger charge is 2.25. The van der Waals surface area contributed by atoms with Crippen molar-refractivity contribution in [2.75, 3.05) is 63.2 Å². The molecule has 47 heavy (non-hydrogen) atoms. The third-order valence-electron chi connectivity index (χ3n) is 7.92. The van der Waals surface area contributed by atoms with Gasteiger partial charge in [0.05, 0.1) is 53.5 Å². The molecule has 3 aromatic carbocycles. The minimum absolute atomic E-state index is 0.0668. The number of nitrogens with zero attached hydrogens (tertiary/aromatic N) is 4. The molecule has 10 nitrogen and oxygen atoms in total. The Morgan fingerprint density at radius 1 is 0.979 bits per heavy atom. The zero-order chi connectivity index (χ0) is 33.1. The van der Waals surface area contributed by atoms with Gasteiger partial charge in [0.1, 0.15) is 24.0 Å². The summed E-state index contributed by atoms with van der Waals surface area (Å²) in [5, 5.41) is 5.53. The van der Waals surface area contributed by atoms with Crippen LogP contribution >= 0.6 is 21.6 Å². The Balaban J connectivity index is 1.30. The van der Waals surface area contributed by atoms with Crippen LogP contribution < -0.4 is 10.5 Å². The number of morpholine rings is 1. The molecule has 0 bridgehead atoms. The number of nitrogens with two attached hydrogens (primary N) is 1. The summed E-state index contributed by atoms with van der Waals surface area (Å²) in [4.78, 5) is 29.2. The van der Waals surface area contributed by atoms with Crippen LogP contribution in [-0.4, -0.2) is 88.4 Å². The van der Waals surface area contributed by atoms with Crippen molar-refractivity contribution in [2.24, 2.45) is 0 Å². The summed E-state index contributed by atoms with van der Waals surface area (Å²) in [7, 11) is -0.753. The molecule has 6 rings (SSSR count). The molecule has 1 saturated heterocycles. The molecular weight excluding hydrogens is 638 g/mol. The van der Waals surface area contributed by atoms with Crippen molar-refractivity contribution in [1.29, 1.82) is 0 Å². The normalized spacial score (nSPS) is 14.0. The van der Waals surface area contributed by atoms with Gasteiger partial charge in [0.15, 0.2) is 0 Å². The molecule has 0 saturated carbocycles. The SMILES string of the molecule is CS(C)(C)CCOCn1c(C(=O)c2cnn(-c3ccc(Oc4ccccc4)cc3Cl)c2N)cc2cc(C(=O)N3CCOCC3)ccc21. The van der Waals surface area contributed by atoms with Crippen molar-refractivity contribution >= 4 is 50.0 Å². The second-order valence-electron chi connectivity index (χ2n) is 12.2. The van der Waals surface area contributed by atoms with E-state index < -0.39 is 10.0 Å². The number of aromatic nitrogens is 3. The van der Waals surface area contributed by atoms with Gasteiger partial charge in [-0.3, -0.25) is 9.59 Å². The van der Waals surface area contributed by atoms with Gasteiger partial charge in [-0.1, -0.05) is 29.8 Å². The minimum Gasteiger partial charge on any atom is -0.457 e. The number of nitrogen functional groups attached to an aromatic ring is 1. The maximum Gasteiger partial charge on any atom is 0.254 e. The highest BCUT2D eigenvalue weighted by molar-refractivity contribution is 8.32. The first-order valence-electron chi connectivity index (χ1n) is 15.2. The number of fused-ring (bicyclic) bond motifs is 1. The summed E-state index contributed by atoms with van der Waals surface area (Å²) in [6.45, 7) is 2.84. The number of ketones is 1. The molecule has 0 spiro atoms. The molecule has 0 atom stereocenters. The molecule has 5 aromatic rings. The lowest BCUT2D eigenvalue weighted by atomic mass is 10.1. The molecule has 0 radical (unpaired) electrons. The summed E-state index contributed by atoms with van der Waals surface area (Å²) >= 11 is 6.65. The predicted molar refractivity (Wildman–Crippen MR) is 188 cm³/mol. The van der Waals surface area contributed by atoms with Crippen LogP contribution in [0.2, 0.25) is 5.02 Å². The first kappa shape index (κ1) is 32.6. The molecule has 246 valence electrons. The monoisotopic (exact) mass is 675 g/mol. The second-order valence-corrected chi connectivity index (χ2v) is 17.2. The van der Waals surface area contributed by atoms with Crippen molar-refractivity contribution in [3.05, 3.63) is 101 Å². The first-order chi connectivity index (χ1) is 22.6. The highest BCUT2D eigenvalue weighted by Crippen LogP contribution is 2.34. The molecule has 0 unspecified atom stereocenters. The van der Waals surface area contributed by atoms with Crippen LogP contribution in [0.1, 0.15) is 26.4 Å². The number of hydrogen-bond acceptors (Lipinski definition) is 7. The van der Waals surface area contributed by atoms with Crippen molar-refractivity contribution in [3.8, 4) is 17.2 Å². The number of para-hydroxylation sites is 1. The van der Waals surface area contributed by atoms with E-state index in [1.54, 1.807) is 35.2 Å². The van der Waals surface area contributed by atoms with Crippen molar-refractivity contribution in [2.45, 2.75) is 6.73 Å². The number of carbonyl (C=O) groups excluding carboxylic acids is 2. The number of amides is 1. The maximum absolute atomic E-state index is 14.2. The van der Waals surface area contributed by atoms with E-state index in [2.05, 4.69) is 23.9 Å². The molecule has 1 amide bonds. The van der Waals surface area contributed by atoms with E-state index >= 15 is 0 Å². The average Bonchev–Trinajstić information content (AvgIpc) is 3.62. The van der Waals surface area contributed by atoms with Gasteiger partial charge in [-0.15, -0.1) is 0 Å². The van der Waals surface area contributed by atoms with Crippen molar-refractivity contribution < 1.29 is 23.8 Å². The molecule has 2 N–H and O–H groups in total. The summed E-state index contributed by atoms with van der Waals surface area (Å²) in [6.07, 6.45) is 8.15. The van der Waals surface area contributed by atoms with E-state index in [0.717, 1.165) is 16.7 Å². The van der Waals surface area contributed by atoms with Crippen molar-refractivity contribution in [1.82, 2.24) is 19.2 Å². The van der Waals surface area contributed by atoms with Gasteiger partial charge in [-0.2, -0.15) is 5.10 Å². The van der Waals surface area contributed by atoms with Crippen LogP contribution in [0.4, 0.5) is 5.82 Å². The number of anilines is 1. The Morgan fingerprint density at radius 2 is 1.74 bits per heavy atom. The molecule has 12 heteroatoms. The summed E-state index contributed by atoms with van der Waals surface area (Å²) < 4.78 is 20.7. The Morgan fingerprint density at radius 3 is 2.47 bits per heavy atom. The largest absolute Gasteiger partial charge is 0.457 e. The van der Waals surface area contributed by atoms with Crippen LogP contribution in [-0.2, 0) is 16.2 Å². The van der Waals surface area contributed by atoms with Crippen LogP contribution in [0.5, 0.6) is 11.5 Å². The van der Waals surface area contributed by atoms with Crippen LogP contribution in [0.15, 0.2) is 79.0 Å². The molecular formula is C35H38ClN5O5S. The molecule has 1 aliphatic rings. The standard InChI is InChI=1S/C35H38ClN5O5S/c1-47(2,3)18-17-45-23-40-30-11-9-24(35(43)39-13-15-44-16-14-39)19-25(30)20-32(40)33(42)28-22-38-41(34(28)37)31-12-10-27(21-29(31)36)46-26-7-5-4-6-8-26/h4-12,19-22H,13-18,23,37H2,1-3H3. The lowest BCUT2D eigenvalue weighted by molar-refractivity contribution is 0.0303. The van der Waals surface area contributed by atoms with Crippen molar-refractivity contribution in [3.63, 3.8) is 0 Å². The van der Waals surface area contributed by atoms with Gasteiger partial charge >= 0.3 is 0 Å². The third-order valence-corrected chi connectivity index (χ3v) is 9.61. The second kappa shape index (κ2) is 13.8. The summed E-state index contributed by atoms with van der Waals surface area (Å²) in [5.74, 6) is 1.92. The van der Waals surface area contributed by atoms with E-state index in [1.807, 2.05) is 47.0 Å². The summed E-state index contributed by atoms with van der Waals surface area (Å²) in [6, 6.07) is 21.8. The lowest BCUT2D eigenvalue weighted by Gasteiger charge is -2.26. The zero-order valence-corrected chi connectivity index (χ0v) is 28.2. The Bertz CT molecular complexity index is 1910. The smallest absolute Gasteiger partial charge is 0.254 e. The Hall–Kier alpha value is -4.29. The van der Waals surface area contributed by atoms with E-state index in [1.165, 1.54) is 10.9 Å². The predicted octanol–water partition coefficient (Wildman–Crippen LogP) is 6.23. The maximum atomic E-state index is 14.2. The number of carbonyl (C=O) groups is 2. The molecule has 1 aliphatic heterocycles. The molecule has 3 heterocycles. The molecule has 1 fully saturated rings. The third kappa shape index (κ3) is 7.33. The van der Waals surface area contributed by atoms with Gasteiger partial charge in [0, 0.05) is 35.9 Å². The van der Waals surface area contributed by atoms with Crippen LogP contribution in [0.25, 0.3) is 16.6 Å². The number of ether oxygens (including phenoxy) is 3. The van der Waals surface area contributed by atoms with E-state index in [4.69, 9.17) is 31.5 Å². The highest BCUT2D eigenvalue weighted by atomic mass is 35.5. The lowest BCUT2D eigenvalue weighted by Crippen LogP contribution is -2.40. The van der Waals surface area contributed by atoms with Gasteiger partial charge in [-0.25, -0.2) is 14.7 Å². The van der Waals surface area contributed by atoms with E-state index in [-0.39, 0.29) is 29.8 Å².